The number of aryl methyl sites for hydroxylation is 1. The second kappa shape index (κ2) is 6.01. The molecule has 2 N–H and O–H groups in total. The zero-order valence-electron chi connectivity index (χ0n) is 9.99. The van der Waals surface area contributed by atoms with Gasteiger partial charge in [0.2, 0.25) is 0 Å². The van der Waals surface area contributed by atoms with Crippen LogP contribution in [0.15, 0.2) is 11.4 Å². The minimum absolute atomic E-state index is 0.00990. The fourth-order valence-electron chi connectivity index (χ4n) is 1.39. The number of carbonyl (C=O) groups is 1. The monoisotopic (exact) mass is 241 g/mol. The number of hydrogen-bond donors (Lipinski definition) is 2. The second-order valence-electron chi connectivity index (χ2n) is 4.05. The van der Waals surface area contributed by atoms with Crippen molar-refractivity contribution < 1.29 is 9.90 Å². The summed E-state index contributed by atoms with van der Waals surface area (Å²) in [4.78, 5) is 12.7. The Morgan fingerprint density at radius 2 is 2.25 bits per heavy atom. The Morgan fingerprint density at radius 3 is 2.81 bits per heavy atom. The van der Waals surface area contributed by atoms with Gasteiger partial charge in [0, 0.05) is 12.6 Å². The Balaban J connectivity index is 2.65. The second-order valence-corrected chi connectivity index (χ2v) is 4.97. The molecule has 0 radical (unpaired) electrons. The highest BCUT2D eigenvalue weighted by atomic mass is 32.1. The summed E-state index contributed by atoms with van der Waals surface area (Å²) in [5.41, 5.74) is 1.09. The predicted molar refractivity (Wildman–Crippen MR) is 66.9 cm³/mol. The third-order valence-electron chi connectivity index (χ3n) is 2.83. The van der Waals surface area contributed by atoms with E-state index >= 15 is 0 Å². The molecule has 3 nitrogen and oxygen atoms in total. The molecule has 2 unspecified atom stereocenters. The molecule has 0 aromatic carbocycles. The largest absolute Gasteiger partial charge is 0.396 e. The fourth-order valence-corrected chi connectivity index (χ4v) is 2.28. The predicted octanol–water partition coefficient (Wildman–Crippen LogP) is 2.06. The van der Waals surface area contributed by atoms with E-state index in [2.05, 4.69) is 5.32 Å². The molecule has 16 heavy (non-hydrogen) atoms. The van der Waals surface area contributed by atoms with Crippen molar-refractivity contribution in [3.05, 3.63) is 21.9 Å². The molecule has 0 bridgehead atoms. The molecule has 0 fully saturated rings. The Bertz CT molecular complexity index is 349. The summed E-state index contributed by atoms with van der Waals surface area (Å²) in [6.07, 6.45) is 0.871. The maximum Gasteiger partial charge on any atom is 0.261 e. The lowest BCUT2D eigenvalue weighted by molar-refractivity contribution is 0.0919. The summed E-state index contributed by atoms with van der Waals surface area (Å²) in [5.74, 6) is 0.0497. The summed E-state index contributed by atoms with van der Waals surface area (Å²) in [5, 5.41) is 13.9. The molecule has 0 saturated carbocycles. The minimum atomic E-state index is -0.0281. The van der Waals surface area contributed by atoms with Gasteiger partial charge in [-0.3, -0.25) is 4.79 Å². The van der Waals surface area contributed by atoms with Crippen molar-refractivity contribution >= 4 is 17.2 Å². The van der Waals surface area contributed by atoms with Crippen molar-refractivity contribution in [2.45, 2.75) is 33.2 Å². The molecule has 0 aliphatic heterocycles. The smallest absolute Gasteiger partial charge is 0.261 e. The first kappa shape index (κ1) is 13.2. The highest BCUT2D eigenvalue weighted by molar-refractivity contribution is 7.12. The van der Waals surface area contributed by atoms with Crippen LogP contribution in [0.4, 0.5) is 0 Å². The molecule has 0 aliphatic carbocycles. The quantitative estimate of drug-likeness (QED) is 0.829. The normalized spacial score (nSPS) is 14.5. The standard InChI is InChI=1S/C12H19NO2S/c1-4-10-5-6-16-11(10)12(15)13-9(3)8(2)7-14/h5-6,8-9,14H,4,7H2,1-3H3,(H,13,15). The van der Waals surface area contributed by atoms with Crippen LogP contribution in [0.5, 0.6) is 0 Å². The average molecular weight is 241 g/mol. The van der Waals surface area contributed by atoms with Gasteiger partial charge < -0.3 is 10.4 Å². The zero-order chi connectivity index (χ0) is 12.1. The number of nitrogens with one attached hydrogen (secondary N) is 1. The van der Waals surface area contributed by atoms with E-state index in [9.17, 15) is 4.79 Å². The van der Waals surface area contributed by atoms with Crippen LogP contribution in [0.25, 0.3) is 0 Å². The molecule has 90 valence electrons. The van der Waals surface area contributed by atoms with E-state index < -0.39 is 0 Å². The molecule has 1 rings (SSSR count). The average Bonchev–Trinajstić information content (AvgIpc) is 2.75. The topological polar surface area (TPSA) is 49.3 Å². The van der Waals surface area contributed by atoms with Gasteiger partial charge in [-0.05, 0) is 36.3 Å². The molecule has 1 heterocycles. The first-order chi connectivity index (χ1) is 7.60. The Hall–Kier alpha value is -0.870. The van der Waals surface area contributed by atoms with Crippen molar-refractivity contribution in [1.82, 2.24) is 5.32 Å². The summed E-state index contributed by atoms with van der Waals surface area (Å²) in [7, 11) is 0. The number of carbonyl (C=O) groups excluding carboxylic acids is 1. The summed E-state index contributed by atoms with van der Waals surface area (Å²) < 4.78 is 0. The number of rotatable bonds is 5. The number of aliphatic hydroxyl groups excluding tert-OH is 1. The van der Waals surface area contributed by atoms with Gasteiger partial charge in [-0.25, -0.2) is 0 Å². The van der Waals surface area contributed by atoms with E-state index in [4.69, 9.17) is 5.11 Å². The first-order valence-electron chi connectivity index (χ1n) is 5.58. The highest BCUT2D eigenvalue weighted by Crippen LogP contribution is 2.17. The van der Waals surface area contributed by atoms with Crippen LogP contribution in [0.3, 0.4) is 0 Å². The molecular formula is C12H19NO2S. The van der Waals surface area contributed by atoms with Crippen LogP contribution in [0.2, 0.25) is 0 Å². The van der Waals surface area contributed by atoms with Crippen molar-refractivity contribution in [3.63, 3.8) is 0 Å². The van der Waals surface area contributed by atoms with Gasteiger partial charge >= 0.3 is 0 Å². The highest BCUT2D eigenvalue weighted by Gasteiger charge is 2.17. The minimum Gasteiger partial charge on any atom is -0.396 e. The number of thiophene rings is 1. The fraction of sp³-hybridized carbons (Fsp3) is 0.583. The van der Waals surface area contributed by atoms with E-state index in [0.29, 0.717) is 0 Å². The van der Waals surface area contributed by atoms with Gasteiger partial charge in [0.05, 0.1) is 4.88 Å². The van der Waals surface area contributed by atoms with Crippen LogP contribution in [-0.2, 0) is 6.42 Å². The van der Waals surface area contributed by atoms with Crippen LogP contribution in [0.1, 0.15) is 36.0 Å². The maximum absolute atomic E-state index is 11.9. The number of hydrogen-bond acceptors (Lipinski definition) is 3. The van der Waals surface area contributed by atoms with Crippen LogP contribution in [-0.4, -0.2) is 23.7 Å². The summed E-state index contributed by atoms with van der Waals surface area (Å²) >= 11 is 1.47. The molecule has 4 heteroatoms. The lowest BCUT2D eigenvalue weighted by atomic mass is 10.0. The van der Waals surface area contributed by atoms with Gasteiger partial charge in [0.25, 0.3) is 5.91 Å². The van der Waals surface area contributed by atoms with Crippen molar-refractivity contribution in [3.8, 4) is 0 Å². The number of aliphatic hydroxyl groups is 1. The van der Waals surface area contributed by atoms with Gasteiger partial charge in [-0.2, -0.15) is 0 Å². The van der Waals surface area contributed by atoms with E-state index in [1.54, 1.807) is 0 Å². The third kappa shape index (κ3) is 3.06. The van der Waals surface area contributed by atoms with Gasteiger partial charge in [0.15, 0.2) is 0 Å². The molecule has 1 amide bonds. The Labute approximate surface area is 100 Å². The first-order valence-corrected chi connectivity index (χ1v) is 6.46. The Morgan fingerprint density at radius 1 is 1.56 bits per heavy atom. The van der Waals surface area contributed by atoms with E-state index in [0.717, 1.165) is 16.9 Å². The number of amides is 1. The zero-order valence-corrected chi connectivity index (χ0v) is 10.8. The van der Waals surface area contributed by atoms with Gasteiger partial charge in [-0.1, -0.05) is 13.8 Å². The SMILES string of the molecule is CCc1ccsc1C(=O)NC(C)C(C)CO. The van der Waals surface area contributed by atoms with Gasteiger partial charge in [0.1, 0.15) is 0 Å². The van der Waals surface area contributed by atoms with Crippen molar-refractivity contribution in [1.29, 1.82) is 0 Å². The van der Waals surface area contributed by atoms with Crippen LogP contribution in [0, 0.1) is 5.92 Å². The lowest BCUT2D eigenvalue weighted by Crippen LogP contribution is -2.38. The van der Waals surface area contributed by atoms with Crippen molar-refractivity contribution in [2.75, 3.05) is 6.61 Å². The molecule has 0 spiro atoms. The van der Waals surface area contributed by atoms with Crippen molar-refractivity contribution in [2.24, 2.45) is 5.92 Å². The summed E-state index contributed by atoms with van der Waals surface area (Å²) in [6.45, 7) is 5.96. The van der Waals surface area contributed by atoms with E-state index in [1.807, 2.05) is 32.2 Å². The molecule has 1 aromatic rings. The van der Waals surface area contributed by atoms with Crippen LogP contribution >= 0.6 is 11.3 Å². The van der Waals surface area contributed by atoms with Crippen LogP contribution < -0.4 is 5.32 Å². The molecule has 2 atom stereocenters. The molecule has 0 saturated heterocycles. The molecule has 1 aromatic heterocycles. The maximum atomic E-state index is 11.9. The van der Waals surface area contributed by atoms with E-state index in [1.165, 1.54) is 11.3 Å². The third-order valence-corrected chi connectivity index (χ3v) is 3.79. The summed E-state index contributed by atoms with van der Waals surface area (Å²) in [6, 6.07) is 1.98. The molecule has 0 aliphatic rings. The lowest BCUT2D eigenvalue weighted by Gasteiger charge is -2.19. The van der Waals surface area contributed by atoms with Gasteiger partial charge in [-0.15, -0.1) is 11.3 Å². The van der Waals surface area contributed by atoms with E-state index in [-0.39, 0.29) is 24.5 Å². The Kier molecular flexibility index (Phi) is 4.96. The molecular weight excluding hydrogens is 222 g/mol.